The first kappa shape index (κ1) is 26.9. The molecule has 4 rings (SSSR count). The summed E-state index contributed by atoms with van der Waals surface area (Å²) >= 11 is 0. The third-order valence-corrected chi connectivity index (χ3v) is 7.20. The summed E-state index contributed by atoms with van der Waals surface area (Å²) in [5.41, 5.74) is 27.1. The molecule has 0 spiro atoms. The first-order chi connectivity index (χ1) is 17.8. The Labute approximate surface area is 219 Å². The first-order valence-electron chi connectivity index (χ1n) is 12.0. The highest BCUT2D eigenvalue weighted by Crippen LogP contribution is 2.46. The van der Waals surface area contributed by atoms with Gasteiger partial charge < -0.3 is 22.9 Å². The second kappa shape index (κ2) is 9.93. The molecule has 0 saturated carbocycles. The SMILES string of the molecule is Cc1cc(C(c2cc(C)c(N)c(F)c2)C(c2cc(C)c(N)c(F)c2)c2cc(C)c(N)c(F)c2)cc(F)c1N. The molecule has 0 fully saturated rings. The number of benzene rings is 4. The molecule has 0 amide bonds. The zero-order valence-corrected chi connectivity index (χ0v) is 21.6. The van der Waals surface area contributed by atoms with Crippen LogP contribution in [0.4, 0.5) is 40.3 Å². The summed E-state index contributed by atoms with van der Waals surface area (Å²) in [5, 5.41) is 0. The summed E-state index contributed by atoms with van der Waals surface area (Å²) in [4.78, 5) is 0. The van der Waals surface area contributed by atoms with Crippen LogP contribution in [-0.2, 0) is 0 Å². The third-order valence-electron chi connectivity index (χ3n) is 7.20. The fraction of sp³-hybridized carbons (Fsp3) is 0.200. The largest absolute Gasteiger partial charge is 0.396 e. The zero-order valence-electron chi connectivity index (χ0n) is 21.6. The molecule has 0 aromatic heterocycles. The molecule has 0 atom stereocenters. The Morgan fingerprint density at radius 1 is 0.395 bits per heavy atom. The molecule has 4 nitrogen and oxygen atoms in total. The van der Waals surface area contributed by atoms with E-state index in [1.165, 1.54) is 24.3 Å². The molecule has 0 radical (unpaired) electrons. The summed E-state index contributed by atoms with van der Waals surface area (Å²) in [7, 11) is 0. The fourth-order valence-corrected chi connectivity index (χ4v) is 5.00. The summed E-state index contributed by atoms with van der Waals surface area (Å²) in [6, 6.07) is 11.9. The highest BCUT2D eigenvalue weighted by molar-refractivity contribution is 5.59. The van der Waals surface area contributed by atoms with Crippen molar-refractivity contribution >= 4 is 22.7 Å². The van der Waals surface area contributed by atoms with Gasteiger partial charge in [-0.1, -0.05) is 24.3 Å². The summed E-state index contributed by atoms with van der Waals surface area (Å²) in [6.07, 6.45) is 0. The van der Waals surface area contributed by atoms with Crippen molar-refractivity contribution in [3.05, 3.63) is 116 Å². The van der Waals surface area contributed by atoms with Crippen LogP contribution >= 0.6 is 0 Å². The molecule has 8 heteroatoms. The summed E-state index contributed by atoms with van der Waals surface area (Å²) in [5.74, 6) is -4.23. The van der Waals surface area contributed by atoms with E-state index < -0.39 is 35.1 Å². The molecule has 4 aromatic rings. The summed E-state index contributed by atoms with van der Waals surface area (Å²) in [6.45, 7) is 6.62. The predicted molar refractivity (Wildman–Crippen MR) is 146 cm³/mol. The molecule has 198 valence electrons. The average molecular weight is 523 g/mol. The van der Waals surface area contributed by atoms with Gasteiger partial charge in [-0.3, -0.25) is 0 Å². The van der Waals surface area contributed by atoms with Gasteiger partial charge in [-0.25, -0.2) is 17.6 Å². The van der Waals surface area contributed by atoms with Crippen LogP contribution in [0.2, 0.25) is 0 Å². The van der Waals surface area contributed by atoms with E-state index in [-0.39, 0.29) is 22.7 Å². The Kier molecular flexibility index (Phi) is 7.02. The van der Waals surface area contributed by atoms with Crippen LogP contribution in [0.15, 0.2) is 48.5 Å². The lowest BCUT2D eigenvalue weighted by Crippen LogP contribution is -2.18. The number of nitrogens with two attached hydrogens (primary N) is 4. The summed E-state index contributed by atoms with van der Waals surface area (Å²) < 4.78 is 60.0. The van der Waals surface area contributed by atoms with Crippen molar-refractivity contribution in [2.75, 3.05) is 22.9 Å². The normalized spacial score (nSPS) is 11.5. The fourth-order valence-electron chi connectivity index (χ4n) is 5.00. The van der Waals surface area contributed by atoms with Crippen LogP contribution < -0.4 is 22.9 Å². The highest BCUT2D eigenvalue weighted by atomic mass is 19.1. The van der Waals surface area contributed by atoms with E-state index >= 15 is 0 Å². The van der Waals surface area contributed by atoms with Gasteiger partial charge in [0, 0.05) is 11.8 Å². The van der Waals surface area contributed by atoms with Crippen LogP contribution in [0.5, 0.6) is 0 Å². The van der Waals surface area contributed by atoms with E-state index in [1.807, 2.05) is 0 Å². The Bertz CT molecular complexity index is 1240. The number of hydrogen-bond acceptors (Lipinski definition) is 4. The van der Waals surface area contributed by atoms with Gasteiger partial charge in [-0.2, -0.15) is 0 Å². The maximum Gasteiger partial charge on any atom is 0.146 e. The Morgan fingerprint density at radius 3 is 0.737 bits per heavy atom. The van der Waals surface area contributed by atoms with Crippen LogP contribution in [0.1, 0.15) is 56.3 Å². The second-order valence-corrected chi connectivity index (χ2v) is 9.89. The zero-order chi connectivity index (χ0) is 28.0. The van der Waals surface area contributed by atoms with E-state index in [1.54, 1.807) is 52.0 Å². The molecular weight excluding hydrogens is 492 g/mol. The van der Waals surface area contributed by atoms with Crippen molar-refractivity contribution in [3.63, 3.8) is 0 Å². The number of rotatable bonds is 5. The molecule has 0 aliphatic carbocycles. The van der Waals surface area contributed by atoms with Crippen LogP contribution in [0.3, 0.4) is 0 Å². The molecule has 0 aliphatic heterocycles. The van der Waals surface area contributed by atoms with Gasteiger partial charge in [-0.05, 0) is 96.5 Å². The Morgan fingerprint density at radius 2 is 0.579 bits per heavy atom. The maximum absolute atomic E-state index is 15.0. The van der Waals surface area contributed by atoms with Gasteiger partial charge in [-0.15, -0.1) is 0 Å². The molecule has 0 unspecified atom stereocenters. The average Bonchev–Trinajstić information content (AvgIpc) is 2.85. The number of anilines is 4. The lowest BCUT2D eigenvalue weighted by Gasteiger charge is -2.31. The van der Waals surface area contributed by atoms with Crippen LogP contribution in [0, 0.1) is 51.0 Å². The quantitative estimate of drug-likeness (QED) is 0.172. The van der Waals surface area contributed by atoms with E-state index in [0.29, 0.717) is 44.5 Å². The van der Waals surface area contributed by atoms with E-state index in [2.05, 4.69) is 0 Å². The predicted octanol–water partition coefficient (Wildman–Crippen LogP) is 6.77. The van der Waals surface area contributed by atoms with Gasteiger partial charge in [0.1, 0.15) is 23.3 Å². The van der Waals surface area contributed by atoms with Gasteiger partial charge in [0.15, 0.2) is 0 Å². The molecule has 4 aromatic carbocycles. The minimum absolute atomic E-state index is 0.0209. The second-order valence-electron chi connectivity index (χ2n) is 9.89. The van der Waals surface area contributed by atoms with Gasteiger partial charge in [0.2, 0.25) is 0 Å². The number of aryl methyl sites for hydroxylation is 4. The lowest BCUT2D eigenvalue weighted by atomic mass is 9.72. The van der Waals surface area contributed by atoms with Crippen molar-refractivity contribution in [3.8, 4) is 0 Å². The molecular formula is C30H30F4N4. The van der Waals surface area contributed by atoms with Crippen molar-refractivity contribution in [1.82, 2.24) is 0 Å². The molecule has 0 heterocycles. The monoisotopic (exact) mass is 522 g/mol. The molecule has 0 bridgehead atoms. The minimum Gasteiger partial charge on any atom is -0.396 e. The molecule has 0 saturated heterocycles. The van der Waals surface area contributed by atoms with Crippen molar-refractivity contribution in [2.45, 2.75) is 39.5 Å². The smallest absolute Gasteiger partial charge is 0.146 e. The van der Waals surface area contributed by atoms with E-state index in [4.69, 9.17) is 22.9 Å². The van der Waals surface area contributed by atoms with Crippen molar-refractivity contribution < 1.29 is 17.6 Å². The lowest BCUT2D eigenvalue weighted by molar-refractivity contribution is 0.600. The number of hydrogen-bond donors (Lipinski definition) is 4. The number of nitrogen functional groups attached to an aromatic ring is 4. The Hall–Kier alpha value is -4.20. The van der Waals surface area contributed by atoms with Gasteiger partial charge >= 0.3 is 0 Å². The molecule has 38 heavy (non-hydrogen) atoms. The van der Waals surface area contributed by atoms with E-state index in [0.717, 1.165) is 0 Å². The standard InChI is InChI=1S/C30H30F4N4/c1-13-5-17(9-21(31)27(13)35)25(18-6-14(2)28(36)22(32)10-18)26(19-7-15(3)29(37)23(33)11-19)20-8-16(4)30(38)24(34)12-20/h5-12,25-26H,35-38H2,1-4H3. The van der Waals surface area contributed by atoms with Crippen molar-refractivity contribution in [2.24, 2.45) is 0 Å². The highest BCUT2D eigenvalue weighted by Gasteiger charge is 2.32. The van der Waals surface area contributed by atoms with Crippen molar-refractivity contribution in [1.29, 1.82) is 0 Å². The van der Waals surface area contributed by atoms with Crippen LogP contribution in [-0.4, -0.2) is 0 Å². The maximum atomic E-state index is 15.0. The molecule has 8 N–H and O–H groups in total. The first-order valence-corrected chi connectivity index (χ1v) is 12.0. The topological polar surface area (TPSA) is 104 Å². The van der Waals surface area contributed by atoms with Crippen LogP contribution in [0.25, 0.3) is 0 Å². The van der Waals surface area contributed by atoms with E-state index in [9.17, 15) is 17.6 Å². The van der Waals surface area contributed by atoms with Gasteiger partial charge in [0.25, 0.3) is 0 Å². The number of halogens is 4. The molecule has 0 aliphatic rings. The third kappa shape index (κ3) is 4.74. The Balaban J connectivity index is 2.14. The van der Waals surface area contributed by atoms with Gasteiger partial charge in [0.05, 0.1) is 22.7 Å². The minimum atomic E-state index is -0.803.